The monoisotopic (exact) mass is 785 g/mol. The molecule has 1 aliphatic heterocycles. The van der Waals surface area contributed by atoms with E-state index in [9.17, 15) is 5.11 Å². The summed E-state index contributed by atoms with van der Waals surface area (Å²) >= 11 is 0. The Morgan fingerprint density at radius 2 is 1.28 bits per heavy atom. The predicted octanol–water partition coefficient (Wildman–Crippen LogP) is 12.2. The van der Waals surface area contributed by atoms with Crippen LogP contribution in [0.15, 0.2) is 65.8 Å². The molecule has 0 fully saturated rings. The van der Waals surface area contributed by atoms with Crippen LogP contribution in [-0.2, 0) is 39.1 Å². The quantitative estimate of drug-likeness (QED) is 0.0609. The fourth-order valence-electron chi connectivity index (χ4n) is 7.22. The highest BCUT2D eigenvalue weighted by molar-refractivity contribution is 5.82. The normalized spacial score (nSPS) is 13.2. The van der Waals surface area contributed by atoms with E-state index in [1.807, 2.05) is 6.07 Å². The molecule has 1 aliphatic rings. The molecular formula is C50H72O7. The first kappa shape index (κ1) is 45.9. The molecule has 1 heterocycles. The Kier molecular flexibility index (Phi) is 19.5. The number of phenolic OH excluding ortho intramolecular Hbond substituents is 1. The maximum absolute atomic E-state index is 11.0. The number of aromatic hydroxyl groups is 1. The van der Waals surface area contributed by atoms with Gasteiger partial charge in [0.05, 0.1) is 45.2 Å². The summed E-state index contributed by atoms with van der Waals surface area (Å²) < 4.78 is 36.7. The van der Waals surface area contributed by atoms with E-state index >= 15 is 0 Å². The second-order valence-electron chi connectivity index (χ2n) is 16.2. The van der Waals surface area contributed by atoms with Gasteiger partial charge in [0.15, 0.2) is 0 Å². The minimum Gasteiger partial charge on any atom is -0.508 e. The topological polar surface area (TPSA) is 75.6 Å². The number of hydrogen-bond donors (Lipinski definition) is 1. The maximum Gasteiger partial charge on any atom is 0.132 e. The van der Waals surface area contributed by atoms with Crippen LogP contribution in [0.5, 0.6) is 23.0 Å². The second-order valence-corrected chi connectivity index (χ2v) is 16.2. The van der Waals surface area contributed by atoms with Crippen LogP contribution in [0, 0.1) is 6.92 Å². The summed E-state index contributed by atoms with van der Waals surface area (Å²) in [5.41, 5.74) is 10.0. The summed E-state index contributed by atoms with van der Waals surface area (Å²) in [6.45, 7) is 20.9. The van der Waals surface area contributed by atoms with Crippen molar-refractivity contribution >= 4 is 0 Å². The Morgan fingerprint density at radius 1 is 0.702 bits per heavy atom. The van der Waals surface area contributed by atoms with Gasteiger partial charge in [0.25, 0.3) is 0 Å². The summed E-state index contributed by atoms with van der Waals surface area (Å²) in [4.78, 5) is 0. The maximum atomic E-state index is 11.0. The molecule has 0 saturated heterocycles. The number of benzene rings is 3. The Hall–Kier alpha value is -3.78. The third-order valence-electron chi connectivity index (χ3n) is 10.4. The number of rotatable bonds is 27. The molecule has 7 heteroatoms. The predicted molar refractivity (Wildman–Crippen MR) is 234 cm³/mol. The van der Waals surface area contributed by atoms with E-state index in [-0.39, 0.29) is 0 Å². The fourth-order valence-corrected chi connectivity index (χ4v) is 7.22. The van der Waals surface area contributed by atoms with Crippen molar-refractivity contribution in [2.75, 3.05) is 52.9 Å². The van der Waals surface area contributed by atoms with Crippen molar-refractivity contribution in [1.29, 1.82) is 0 Å². The van der Waals surface area contributed by atoms with Crippen molar-refractivity contribution in [2.45, 2.75) is 132 Å². The number of hydrogen-bond acceptors (Lipinski definition) is 7. The molecule has 314 valence electrons. The Bertz CT molecular complexity index is 1730. The van der Waals surface area contributed by atoms with Gasteiger partial charge < -0.3 is 33.5 Å². The number of fused-ring (bicyclic) bond motifs is 3. The molecule has 4 rings (SSSR count). The molecule has 0 saturated carbocycles. The first-order chi connectivity index (χ1) is 27.5. The molecule has 0 radical (unpaired) electrons. The third-order valence-corrected chi connectivity index (χ3v) is 10.4. The van der Waals surface area contributed by atoms with Crippen molar-refractivity contribution in [1.82, 2.24) is 0 Å². The van der Waals surface area contributed by atoms with Crippen LogP contribution in [0.4, 0.5) is 0 Å². The lowest BCUT2D eigenvalue weighted by molar-refractivity contribution is 0.00493. The molecule has 1 N–H and O–H groups in total. The molecule has 7 nitrogen and oxygen atoms in total. The van der Waals surface area contributed by atoms with Gasteiger partial charge in [-0.15, -0.1) is 0 Å². The molecule has 3 aromatic rings. The van der Waals surface area contributed by atoms with E-state index in [0.717, 1.165) is 78.9 Å². The highest BCUT2D eigenvalue weighted by Crippen LogP contribution is 2.50. The molecule has 0 aliphatic carbocycles. The lowest BCUT2D eigenvalue weighted by Gasteiger charge is -2.36. The zero-order chi connectivity index (χ0) is 41.0. The fraction of sp³-hybridized carbons (Fsp3) is 0.560. The number of ether oxygens (including phenoxy) is 6. The van der Waals surface area contributed by atoms with Crippen molar-refractivity contribution in [3.63, 3.8) is 0 Å². The Morgan fingerprint density at radius 3 is 1.89 bits per heavy atom. The van der Waals surface area contributed by atoms with Gasteiger partial charge in [0, 0.05) is 11.1 Å². The van der Waals surface area contributed by atoms with E-state index in [2.05, 4.69) is 104 Å². The average molecular weight is 785 g/mol. The number of aryl methyl sites for hydroxylation is 3. The average Bonchev–Trinajstić information content (AvgIpc) is 3.15. The summed E-state index contributed by atoms with van der Waals surface area (Å²) in [5.74, 6) is 2.80. The van der Waals surface area contributed by atoms with E-state index in [0.29, 0.717) is 65.0 Å². The zero-order valence-electron chi connectivity index (χ0n) is 36.5. The van der Waals surface area contributed by atoms with E-state index in [4.69, 9.17) is 28.4 Å². The van der Waals surface area contributed by atoms with E-state index in [1.165, 1.54) is 52.7 Å². The molecule has 0 spiro atoms. The second kappa shape index (κ2) is 24.2. The van der Waals surface area contributed by atoms with E-state index < -0.39 is 5.60 Å². The van der Waals surface area contributed by atoms with E-state index in [1.54, 1.807) is 0 Å². The van der Waals surface area contributed by atoms with Crippen molar-refractivity contribution < 1.29 is 33.5 Å². The standard InChI is InChI=1S/C50H72O7/c1-9-11-13-18-40-33-45(51)42(22-20-38(5)17-15-16-37(3)4)46(34-40)55-30-28-53-26-24-52-25-27-54-29-31-56-47-35-41(19-14-12-10-2)36-48-49(47)43-32-39(6)21-23-44(43)50(7,8)57-48/h16,20-21,23,32-36,51H,9-15,17-19,22,24-31H2,1-8H3/b38-20+. The highest BCUT2D eigenvalue weighted by Gasteiger charge is 2.34. The largest absolute Gasteiger partial charge is 0.508 e. The summed E-state index contributed by atoms with van der Waals surface area (Å²) in [5, 5.41) is 11.0. The molecule has 0 atom stereocenters. The molecule has 0 aromatic heterocycles. The SMILES string of the molecule is CCCCCc1cc(O)c(C/C=C(\C)CCC=C(C)C)c(OCCOCCOCCOCCOc2cc(CCCCC)cc3c2-c2cc(C)ccc2C(C)(C)O3)c1. The Labute approximate surface area is 344 Å². The number of phenols is 1. The molecule has 0 bridgehead atoms. The molecule has 0 amide bonds. The van der Waals surface area contributed by atoms with Gasteiger partial charge in [-0.1, -0.05) is 86.6 Å². The van der Waals surface area contributed by atoms with Gasteiger partial charge >= 0.3 is 0 Å². The highest BCUT2D eigenvalue weighted by atomic mass is 16.6. The van der Waals surface area contributed by atoms with Crippen LogP contribution in [0.1, 0.15) is 128 Å². The van der Waals surface area contributed by atoms with Gasteiger partial charge in [-0.2, -0.15) is 0 Å². The lowest BCUT2D eigenvalue weighted by atomic mass is 9.84. The lowest BCUT2D eigenvalue weighted by Crippen LogP contribution is -2.29. The summed E-state index contributed by atoms with van der Waals surface area (Å²) in [6.07, 6.45) is 16.0. The van der Waals surface area contributed by atoms with Crippen LogP contribution in [-0.4, -0.2) is 58.0 Å². The van der Waals surface area contributed by atoms with Gasteiger partial charge in [-0.05, 0) is 127 Å². The summed E-state index contributed by atoms with van der Waals surface area (Å²) in [7, 11) is 0. The number of allylic oxidation sites excluding steroid dienone is 4. The van der Waals surface area contributed by atoms with Crippen LogP contribution in [0.2, 0.25) is 0 Å². The molecule has 57 heavy (non-hydrogen) atoms. The van der Waals surface area contributed by atoms with Crippen molar-refractivity contribution in [2.24, 2.45) is 0 Å². The molecule has 0 unspecified atom stereocenters. The zero-order valence-corrected chi connectivity index (χ0v) is 36.5. The van der Waals surface area contributed by atoms with Gasteiger partial charge in [0.1, 0.15) is 41.8 Å². The minimum absolute atomic E-state index is 0.306. The number of unbranched alkanes of at least 4 members (excludes halogenated alkanes) is 4. The van der Waals surface area contributed by atoms with Crippen LogP contribution < -0.4 is 14.2 Å². The third kappa shape index (κ3) is 15.2. The van der Waals surface area contributed by atoms with Crippen LogP contribution in [0.3, 0.4) is 0 Å². The molecular weight excluding hydrogens is 713 g/mol. The van der Waals surface area contributed by atoms with Crippen molar-refractivity contribution in [3.8, 4) is 34.1 Å². The smallest absolute Gasteiger partial charge is 0.132 e. The van der Waals surface area contributed by atoms with Crippen LogP contribution in [0.25, 0.3) is 11.1 Å². The Balaban J connectivity index is 1.18. The van der Waals surface area contributed by atoms with Gasteiger partial charge in [0.2, 0.25) is 0 Å². The first-order valence-electron chi connectivity index (χ1n) is 21.6. The van der Waals surface area contributed by atoms with Crippen molar-refractivity contribution in [3.05, 3.63) is 93.6 Å². The van der Waals surface area contributed by atoms with Gasteiger partial charge in [-0.3, -0.25) is 0 Å². The summed E-state index contributed by atoms with van der Waals surface area (Å²) in [6, 6.07) is 15.0. The van der Waals surface area contributed by atoms with Crippen LogP contribution >= 0.6 is 0 Å². The van der Waals surface area contributed by atoms with Gasteiger partial charge in [-0.25, -0.2) is 0 Å². The molecule has 3 aromatic carbocycles. The first-order valence-corrected chi connectivity index (χ1v) is 21.6. The minimum atomic E-state index is -0.422.